The van der Waals surface area contributed by atoms with E-state index in [0.717, 1.165) is 0 Å². The first kappa shape index (κ1) is 10.1. The van der Waals surface area contributed by atoms with Crippen molar-refractivity contribution in [2.45, 2.75) is 13.3 Å². The van der Waals surface area contributed by atoms with Crippen LogP contribution in [0, 0.1) is 0 Å². The Bertz CT molecular complexity index is 585. The van der Waals surface area contributed by atoms with Crippen LogP contribution in [0.15, 0.2) is 15.7 Å². The molecule has 0 amide bonds. The molecule has 0 saturated carbocycles. The van der Waals surface area contributed by atoms with E-state index in [1.54, 1.807) is 0 Å². The van der Waals surface area contributed by atoms with Gasteiger partial charge in [0.05, 0.1) is 16.3 Å². The minimum absolute atomic E-state index is 0.000136. The van der Waals surface area contributed by atoms with E-state index in [9.17, 15) is 9.59 Å². The molecule has 0 bridgehead atoms. The summed E-state index contributed by atoms with van der Waals surface area (Å²) in [5, 5.41) is 0.444. The summed E-state index contributed by atoms with van der Waals surface area (Å²) in [6.07, 6.45) is 1.54. The van der Waals surface area contributed by atoms with Crippen molar-refractivity contribution < 1.29 is 4.79 Å². The Morgan fingerprint density at radius 1 is 1.60 bits per heavy atom. The first-order valence-electron chi connectivity index (χ1n) is 4.32. The second-order valence-electron chi connectivity index (χ2n) is 3.25. The topological polar surface area (TPSA) is 78.6 Å². The van der Waals surface area contributed by atoms with Gasteiger partial charge in [-0.3, -0.25) is 9.59 Å². The predicted octanol–water partition coefficient (Wildman–Crippen LogP) is 1.15. The molecule has 2 heterocycles. The molecule has 2 N–H and O–H groups in total. The van der Waals surface area contributed by atoms with E-state index in [1.165, 1.54) is 13.3 Å². The van der Waals surface area contributed by atoms with Crippen LogP contribution in [0.4, 0.5) is 0 Å². The maximum Gasteiger partial charge on any atom is 0.260 e. The molecule has 2 aromatic rings. The molecule has 0 aliphatic heterocycles. The van der Waals surface area contributed by atoms with Gasteiger partial charge in [-0.1, -0.05) is 0 Å². The largest absolute Gasteiger partial charge is 0.334 e. The first-order valence-corrected chi connectivity index (χ1v) is 5.12. The van der Waals surface area contributed by atoms with Gasteiger partial charge in [-0.2, -0.15) is 0 Å². The number of halogens is 1. The number of Topliss-reactive ketones (excluding diaryl/α,β-unsaturated/α-hetero) is 1. The molecule has 6 heteroatoms. The lowest BCUT2D eigenvalue weighted by Crippen LogP contribution is -2.08. The van der Waals surface area contributed by atoms with E-state index in [1.807, 2.05) is 0 Å². The van der Waals surface area contributed by atoms with Crippen LogP contribution in [0.2, 0.25) is 0 Å². The van der Waals surface area contributed by atoms with Gasteiger partial charge in [-0.05, 0) is 22.9 Å². The van der Waals surface area contributed by atoms with Crippen LogP contribution in [-0.2, 0) is 11.2 Å². The lowest BCUT2D eigenvalue weighted by atomic mass is 10.1. The van der Waals surface area contributed by atoms with Crippen LogP contribution < -0.4 is 5.56 Å². The Morgan fingerprint density at radius 2 is 2.33 bits per heavy atom. The number of hydrogen-bond donors (Lipinski definition) is 2. The molecule has 78 valence electrons. The third-order valence-electron chi connectivity index (χ3n) is 2.07. The number of H-pyrrole nitrogens is 2. The van der Waals surface area contributed by atoms with Crippen LogP contribution in [0.3, 0.4) is 0 Å². The van der Waals surface area contributed by atoms with Crippen molar-refractivity contribution in [3.8, 4) is 0 Å². The number of hydrogen-bond acceptors (Lipinski definition) is 3. The Hall–Kier alpha value is -1.43. The molecule has 0 fully saturated rings. The minimum Gasteiger partial charge on any atom is -0.334 e. The van der Waals surface area contributed by atoms with Gasteiger partial charge in [0.2, 0.25) is 0 Å². The van der Waals surface area contributed by atoms with Crippen molar-refractivity contribution in [3.63, 3.8) is 0 Å². The lowest BCUT2D eigenvalue weighted by molar-refractivity contribution is -0.116. The summed E-state index contributed by atoms with van der Waals surface area (Å²) in [7, 11) is 0. The molecule has 0 aliphatic rings. The third-order valence-corrected chi connectivity index (χ3v) is 2.75. The first-order chi connectivity index (χ1) is 7.09. The maximum atomic E-state index is 11.5. The SMILES string of the molecule is CC(=O)Cc1c(Br)[nH]c2nc[nH]c(=O)c12. The van der Waals surface area contributed by atoms with Gasteiger partial charge in [-0.25, -0.2) is 4.98 Å². The average molecular weight is 270 g/mol. The van der Waals surface area contributed by atoms with Crippen LogP contribution in [0.25, 0.3) is 11.0 Å². The predicted molar refractivity (Wildman–Crippen MR) is 58.8 cm³/mol. The average Bonchev–Trinajstić information content (AvgIpc) is 2.43. The number of fused-ring (bicyclic) bond motifs is 1. The summed E-state index contributed by atoms with van der Waals surface area (Å²) in [6, 6.07) is 0. The Balaban J connectivity index is 2.76. The molecule has 0 unspecified atom stereocenters. The van der Waals surface area contributed by atoms with Crippen LogP contribution in [0.5, 0.6) is 0 Å². The van der Waals surface area contributed by atoms with Crippen LogP contribution in [-0.4, -0.2) is 20.7 Å². The van der Waals surface area contributed by atoms with Crippen molar-refractivity contribution in [1.29, 1.82) is 0 Å². The molecule has 0 aromatic carbocycles. The van der Waals surface area contributed by atoms with Gasteiger partial charge in [0.25, 0.3) is 5.56 Å². The highest BCUT2D eigenvalue weighted by Gasteiger charge is 2.14. The molecule has 5 nitrogen and oxygen atoms in total. The number of nitrogens with one attached hydrogen (secondary N) is 2. The Morgan fingerprint density at radius 3 is 3.00 bits per heavy atom. The van der Waals surface area contributed by atoms with E-state index < -0.39 is 0 Å². The quantitative estimate of drug-likeness (QED) is 0.859. The summed E-state index contributed by atoms with van der Waals surface area (Å²) in [5.74, 6) is -0.000136. The van der Waals surface area contributed by atoms with Crippen molar-refractivity contribution in [3.05, 3.63) is 26.8 Å². The van der Waals surface area contributed by atoms with Crippen molar-refractivity contribution >= 4 is 32.7 Å². The standard InChI is InChI=1S/C9H8BrN3O2/c1-4(14)2-5-6-8(13-7(5)10)11-3-12-9(6)15/h3H,2H2,1H3,(H2,11,12,13,15). The van der Waals surface area contributed by atoms with Crippen molar-refractivity contribution in [2.75, 3.05) is 0 Å². The molecule has 0 spiro atoms. The van der Waals surface area contributed by atoms with Gasteiger partial charge in [0.15, 0.2) is 0 Å². The maximum absolute atomic E-state index is 11.5. The Labute approximate surface area is 93.0 Å². The third kappa shape index (κ3) is 1.72. The molecule has 2 rings (SSSR count). The van der Waals surface area contributed by atoms with Gasteiger partial charge in [-0.15, -0.1) is 0 Å². The highest BCUT2D eigenvalue weighted by atomic mass is 79.9. The number of ketones is 1. The van der Waals surface area contributed by atoms with Gasteiger partial charge in [0, 0.05) is 12.0 Å². The smallest absolute Gasteiger partial charge is 0.260 e. The molecular formula is C9H8BrN3O2. The summed E-state index contributed by atoms with van der Waals surface area (Å²) < 4.78 is 0.636. The molecular weight excluding hydrogens is 262 g/mol. The number of rotatable bonds is 2. The van der Waals surface area contributed by atoms with E-state index in [4.69, 9.17) is 0 Å². The second-order valence-corrected chi connectivity index (χ2v) is 4.04. The van der Waals surface area contributed by atoms with E-state index in [0.29, 0.717) is 21.2 Å². The molecule has 15 heavy (non-hydrogen) atoms. The number of nitrogens with zero attached hydrogens (tertiary/aromatic N) is 1. The normalized spacial score (nSPS) is 10.8. The van der Waals surface area contributed by atoms with Gasteiger partial charge >= 0.3 is 0 Å². The monoisotopic (exact) mass is 269 g/mol. The molecule has 0 radical (unpaired) electrons. The van der Waals surface area contributed by atoms with Crippen molar-refractivity contribution in [1.82, 2.24) is 15.0 Å². The summed E-state index contributed by atoms with van der Waals surface area (Å²) in [6.45, 7) is 1.48. The Kier molecular flexibility index (Phi) is 2.44. The lowest BCUT2D eigenvalue weighted by Gasteiger charge is -1.94. The number of aromatic nitrogens is 3. The number of aromatic amines is 2. The van der Waals surface area contributed by atoms with E-state index in [2.05, 4.69) is 30.9 Å². The molecule has 0 saturated heterocycles. The van der Waals surface area contributed by atoms with Crippen LogP contribution in [0.1, 0.15) is 12.5 Å². The van der Waals surface area contributed by atoms with E-state index in [-0.39, 0.29) is 17.8 Å². The van der Waals surface area contributed by atoms with Crippen molar-refractivity contribution in [2.24, 2.45) is 0 Å². The summed E-state index contributed by atoms with van der Waals surface area (Å²) in [5.41, 5.74) is 0.909. The molecule has 2 aromatic heterocycles. The highest BCUT2D eigenvalue weighted by Crippen LogP contribution is 2.22. The molecule has 0 aliphatic carbocycles. The fourth-order valence-electron chi connectivity index (χ4n) is 1.48. The zero-order chi connectivity index (χ0) is 11.0. The van der Waals surface area contributed by atoms with Crippen LogP contribution >= 0.6 is 15.9 Å². The molecule has 0 atom stereocenters. The van der Waals surface area contributed by atoms with Gasteiger partial charge < -0.3 is 9.97 Å². The number of carbonyl (C=O) groups excluding carboxylic acids is 1. The fourth-order valence-corrected chi connectivity index (χ4v) is 2.00. The highest BCUT2D eigenvalue weighted by molar-refractivity contribution is 9.10. The number of carbonyl (C=O) groups is 1. The summed E-state index contributed by atoms with van der Waals surface area (Å²) in [4.78, 5) is 32.0. The minimum atomic E-state index is -0.238. The van der Waals surface area contributed by atoms with Gasteiger partial charge in [0.1, 0.15) is 11.4 Å². The second kappa shape index (κ2) is 3.62. The van der Waals surface area contributed by atoms with E-state index >= 15 is 0 Å². The fraction of sp³-hybridized carbons (Fsp3) is 0.222. The summed E-state index contributed by atoms with van der Waals surface area (Å²) >= 11 is 3.27. The zero-order valence-electron chi connectivity index (χ0n) is 7.93. The zero-order valence-corrected chi connectivity index (χ0v) is 9.51.